The molecule has 2 aromatic rings. The highest BCUT2D eigenvalue weighted by Crippen LogP contribution is 2.25. The van der Waals surface area contributed by atoms with Crippen molar-refractivity contribution >= 4 is 29.1 Å². The van der Waals surface area contributed by atoms with Crippen LogP contribution in [0.3, 0.4) is 0 Å². The summed E-state index contributed by atoms with van der Waals surface area (Å²) in [4.78, 5) is 12.2. The summed E-state index contributed by atoms with van der Waals surface area (Å²) < 4.78 is 5.24. The molecule has 1 amide bonds. The monoisotopic (exact) mass is 338 g/mol. The van der Waals surface area contributed by atoms with E-state index in [0.717, 1.165) is 5.56 Å². The first-order valence-corrected chi connectivity index (χ1v) is 7.38. The second kappa shape index (κ2) is 7.49. The maximum Gasteiger partial charge on any atom is 0.241 e. The van der Waals surface area contributed by atoms with Crippen molar-refractivity contribution in [2.24, 2.45) is 5.73 Å². The van der Waals surface area contributed by atoms with E-state index in [4.69, 9.17) is 33.7 Å². The largest absolute Gasteiger partial charge is 0.496 e. The summed E-state index contributed by atoms with van der Waals surface area (Å²) in [7, 11) is 1.59. The molecule has 6 heteroatoms. The molecule has 0 radical (unpaired) electrons. The highest BCUT2D eigenvalue weighted by atomic mass is 35.5. The number of methoxy groups -OCH3 is 1. The number of rotatable bonds is 5. The molecule has 0 aliphatic rings. The maximum atomic E-state index is 12.2. The molecule has 2 aromatic carbocycles. The van der Waals surface area contributed by atoms with Crippen molar-refractivity contribution in [2.75, 3.05) is 7.11 Å². The first kappa shape index (κ1) is 16.6. The summed E-state index contributed by atoms with van der Waals surface area (Å²) in [5, 5.41) is 3.58. The molecule has 0 aliphatic carbocycles. The topological polar surface area (TPSA) is 64.3 Å². The average molecular weight is 339 g/mol. The van der Waals surface area contributed by atoms with E-state index < -0.39 is 6.04 Å². The third-order valence-corrected chi connectivity index (χ3v) is 3.97. The van der Waals surface area contributed by atoms with Crippen LogP contribution in [0, 0.1) is 0 Å². The van der Waals surface area contributed by atoms with Gasteiger partial charge in [0, 0.05) is 12.1 Å². The fraction of sp³-hybridized carbons (Fsp3) is 0.188. The number of nitrogens with two attached hydrogens (primary N) is 1. The highest BCUT2D eigenvalue weighted by molar-refractivity contribution is 6.42. The zero-order valence-corrected chi connectivity index (χ0v) is 13.5. The minimum Gasteiger partial charge on any atom is -0.496 e. The summed E-state index contributed by atoms with van der Waals surface area (Å²) in [6, 6.07) is 11.5. The van der Waals surface area contributed by atoms with Crippen molar-refractivity contribution in [1.29, 1.82) is 0 Å². The van der Waals surface area contributed by atoms with Crippen molar-refractivity contribution in [3.05, 3.63) is 63.6 Å². The van der Waals surface area contributed by atoms with E-state index in [1.165, 1.54) is 0 Å². The summed E-state index contributed by atoms with van der Waals surface area (Å²) in [6.45, 7) is 0.331. The van der Waals surface area contributed by atoms with Crippen LogP contribution in [-0.4, -0.2) is 13.0 Å². The van der Waals surface area contributed by atoms with Crippen molar-refractivity contribution in [3.8, 4) is 5.75 Å². The van der Waals surface area contributed by atoms with Crippen molar-refractivity contribution in [3.63, 3.8) is 0 Å². The first-order valence-electron chi connectivity index (χ1n) is 6.63. The van der Waals surface area contributed by atoms with Gasteiger partial charge < -0.3 is 15.8 Å². The van der Waals surface area contributed by atoms with Crippen LogP contribution in [0.4, 0.5) is 0 Å². The lowest BCUT2D eigenvalue weighted by Crippen LogP contribution is -2.33. The number of para-hydroxylation sites is 1. The smallest absolute Gasteiger partial charge is 0.241 e. The normalized spacial score (nSPS) is 11.8. The summed E-state index contributed by atoms with van der Waals surface area (Å²) >= 11 is 11.8. The Kier molecular flexibility index (Phi) is 5.66. The molecule has 0 spiro atoms. The molecule has 22 heavy (non-hydrogen) atoms. The zero-order valence-electron chi connectivity index (χ0n) is 12.0. The predicted molar refractivity (Wildman–Crippen MR) is 88.2 cm³/mol. The number of carbonyl (C=O) groups is 1. The molecule has 0 saturated carbocycles. The number of halogens is 2. The number of hydrogen-bond acceptors (Lipinski definition) is 3. The number of hydrogen-bond donors (Lipinski definition) is 2. The molecule has 2 rings (SSSR count). The third-order valence-electron chi connectivity index (χ3n) is 3.23. The van der Waals surface area contributed by atoms with E-state index in [9.17, 15) is 4.79 Å². The van der Waals surface area contributed by atoms with Crippen molar-refractivity contribution in [2.45, 2.75) is 12.6 Å². The summed E-state index contributed by atoms with van der Waals surface area (Å²) in [6.07, 6.45) is 0. The van der Waals surface area contributed by atoms with Crippen LogP contribution in [0.15, 0.2) is 42.5 Å². The van der Waals surface area contributed by atoms with Gasteiger partial charge in [0.05, 0.1) is 17.2 Å². The lowest BCUT2D eigenvalue weighted by Gasteiger charge is -2.14. The van der Waals surface area contributed by atoms with Crippen LogP contribution in [-0.2, 0) is 11.3 Å². The number of carbonyl (C=O) groups excluding carboxylic acids is 1. The van der Waals surface area contributed by atoms with E-state index in [1.54, 1.807) is 25.3 Å². The van der Waals surface area contributed by atoms with Gasteiger partial charge in [-0.15, -0.1) is 0 Å². The quantitative estimate of drug-likeness (QED) is 0.878. The van der Waals surface area contributed by atoms with Crippen LogP contribution >= 0.6 is 23.2 Å². The van der Waals surface area contributed by atoms with Gasteiger partial charge in [-0.1, -0.05) is 47.5 Å². The molecule has 0 aliphatic heterocycles. The minimum atomic E-state index is -0.815. The van der Waals surface area contributed by atoms with Crippen molar-refractivity contribution < 1.29 is 9.53 Å². The van der Waals surface area contributed by atoms with Crippen LogP contribution < -0.4 is 15.8 Å². The number of amides is 1. The standard InChI is InChI=1S/C16H16Cl2N2O2/c1-22-14-5-3-2-4-11(14)9-20-16(21)15(19)10-6-7-12(17)13(18)8-10/h2-8,15H,9,19H2,1H3,(H,20,21). The predicted octanol–water partition coefficient (Wildman–Crippen LogP) is 3.32. The number of ether oxygens (including phenoxy) is 1. The Bertz CT molecular complexity index is 677. The van der Waals surface area contributed by atoms with Crippen LogP contribution in [0.2, 0.25) is 10.0 Å². The van der Waals surface area contributed by atoms with Gasteiger partial charge >= 0.3 is 0 Å². The Morgan fingerprint density at radius 2 is 1.95 bits per heavy atom. The SMILES string of the molecule is COc1ccccc1CNC(=O)C(N)c1ccc(Cl)c(Cl)c1. The van der Waals surface area contributed by atoms with Crippen LogP contribution in [0.5, 0.6) is 5.75 Å². The molecule has 1 unspecified atom stereocenters. The van der Waals surface area contributed by atoms with Gasteiger partial charge in [0.2, 0.25) is 5.91 Å². The number of benzene rings is 2. The van der Waals surface area contributed by atoms with E-state index in [1.807, 2.05) is 24.3 Å². The Labute approximate surface area is 139 Å². The molecule has 0 fully saturated rings. The number of nitrogens with one attached hydrogen (secondary N) is 1. The third kappa shape index (κ3) is 3.91. The first-order chi connectivity index (χ1) is 10.5. The molecule has 0 bridgehead atoms. The van der Waals surface area contributed by atoms with Crippen LogP contribution in [0.25, 0.3) is 0 Å². The van der Waals surface area contributed by atoms with E-state index in [-0.39, 0.29) is 5.91 Å². The second-order valence-corrected chi connectivity index (χ2v) is 5.50. The van der Waals surface area contributed by atoms with Crippen LogP contribution in [0.1, 0.15) is 17.2 Å². The minimum absolute atomic E-state index is 0.302. The molecule has 0 heterocycles. The van der Waals surface area contributed by atoms with Gasteiger partial charge in [-0.2, -0.15) is 0 Å². The maximum absolute atomic E-state index is 12.2. The second-order valence-electron chi connectivity index (χ2n) is 4.68. The molecule has 116 valence electrons. The van der Waals surface area contributed by atoms with Gasteiger partial charge in [0.1, 0.15) is 11.8 Å². The Balaban J connectivity index is 2.03. The molecule has 0 saturated heterocycles. The molecular weight excluding hydrogens is 323 g/mol. The van der Waals surface area contributed by atoms with Gasteiger partial charge in [-0.3, -0.25) is 4.79 Å². The Morgan fingerprint density at radius 1 is 1.23 bits per heavy atom. The molecule has 3 N–H and O–H groups in total. The molecule has 4 nitrogen and oxygen atoms in total. The molecule has 1 atom stereocenters. The van der Waals surface area contributed by atoms with E-state index in [0.29, 0.717) is 27.9 Å². The van der Waals surface area contributed by atoms with Crippen molar-refractivity contribution in [1.82, 2.24) is 5.32 Å². The lowest BCUT2D eigenvalue weighted by molar-refractivity contribution is -0.122. The lowest BCUT2D eigenvalue weighted by atomic mass is 10.1. The fourth-order valence-electron chi connectivity index (χ4n) is 2.00. The zero-order chi connectivity index (χ0) is 16.1. The Morgan fingerprint density at radius 3 is 2.64 bits per heavy atom. The summed E-state index contributed by atoms with van der Waals surface area (Å²) in [5.41, 5.74) is 7.43. The molecular formula is C16H16Cl2N2O2. The van der Waals surface area contributed by atoms with Gasteiger partial charge in [0.15, 0.2) is 0 Å². The summed E-state index contributed by atoms with van der Waals surface area (Å²) in [5.74, 6) is 0.412. The van der Waals surface area contributed by atoms with E-state index in [2.05, 4.69) is 5.32 Å². The van der Waals surface area contributed by atoms with Gasteiger partial charge in [-0.25, -0.2) is 0 Å². The van der Waals surface area contributed by atoms with Gasteiger partial charge in [0.25, 0.3) is 0 Å². The average Bonchev–Trinajstić information content (AvgIpc) is 2.54. The van der Waals surface area contributed by atoms with Gasteiger partial charge in [-0.05, 0) is 23.8 Å². The molecule has 0 aromatic heterocycles. The fourth-order valence-corrected chi connectivity index (χ4v) is 2.31. The van der Waals surface area contributed by atoms with E-state index >= 15 is 0 Å². The Hall–Kier alpha value is -1.75. The highest BCUT2D eigenvalue weighted by Gasteiger charge is 2.17.